The molecule has 0 aliphatic carbocycles. The van der Waals surface area contributed by atoms with Gasteiger partial charge in [-0.15, -0.1) is 0 Å². The lowest BCUT2D eigenvalue weighted by Gasteiger charge is -2.32. The minimum atomic E-state index is 0.0408. The molecule has 1 aliphatic heterocycles. The predicted molar refractivity (Wildman–Crippen MR) is 69.4 cm³/mol. The zero-order chi connectivity index (χ0) is 13.3. The van der Waals surface area contributed by atoms with Crippen molar-refractivity contribution in [1.82, 2.24) is 4.98 Å². The second-order valence-corrected chi connectivity index (χ2v) is 4.92. The first-order valence-electron chi connectivity index (χ1n) is 6.19. The molecule has 0 saturated carbocycles. The number of pyridine rings is 1. The van der Waals surface area contributed by atoms with Crippen molar-refractivity contribution in [2.45, 2.75) is 27.2 Å². The Morgan fingerprint density at radius 2 is 2.22 bits per heavy atom. The number of nitrogens with zero attached hydrogens (tertiary/aromatic N) is 3. The Bertz CT molecular complexity index is 531. The maximum absolute atomic E-state index is 11.6. The van der Waals surface area contributed by atoms with Crippen LogP contribution in [0.3, 0.4) is 0 Å². The van der Waals surface area contributed by atoms with Crippen LogP contribution in [0.15, 0.2) is 6.07 Å². The van der Waals surface area contributed by atoms with E-state index >= 15 is 0 Å². The highest BCUT2D eigenvalue weighted by Crippen LogP contribution is 2.26. The van der Waals surface area contributed by atoms with Gasteiger partial charge in [0.1, 0.15) is 11.9 Å². The number of nitriles is 1. The van der Waals surface area contributed by atoms with E-state index in [-0.39, 0.29) is 5.92 Å². The molecule has 2 rings (SSSR count). The van der Waals surface area contributed by atoms with Crippen molar-refractivity contribution in [1.29, 1.82) is 5.26 Å². The van der Waals surface area contributed by atoms with E-state index in [4.69, 9.17) is 0 Å². The van der Waals surface area contributed by atoms with Crippen molar-refractivity contribution in [3.63, 3.8) is 0 Å². The van der Waals surface area contributed by atoms with E-state index in [0.717, 1.165) is 17.1 Å². The fourth-order valence-corrected chi connectivity index (χ4v) is 2.43. The Morgan fingerprint density at radius 1 is 1.50 bits per heavy atom. The lowest BCUT2D eigenvalue weighted by Crippen LogP contribution is -2.40. The molecule has 1 atom stereocenters. The lowest BCUT2D eigenvalue weighted by atomic mass is 9.97. The van der Waals surface area contributed by atoms with Gasteiger partial charge in [-0.2, -0.15) is 5.26 Å². The van der Waals surface area contributed by atoms with E-state index in [1.165, 1.54) is 0 Å². The number of carbonyl (C=O) groups is 1. The fraction of sp³-hybridized carbons (Fsp3) is 0.500. The van der Waals surface area contributed by atoms with Crippen molar-refractivity contribution in [3.8, 4) is 6.07 Å². The molecule has 0 N–H and O–H groups in total. The summed E-state index contributed by atoms with van der Waals surface area (Å²) in [4.78, 5) is 18.0. The second-order valence-electron chi connectivity index (χ2n) is 4.92. The van der Waals surface area contributed by atoms with E-state index < -0.39 is 0 Å². The number of piperidine rings is 1. The monoisotopic (exact) mass is 243 g/mol. The molecular formula is C14H17N3O. The normalized spacial score (nSPS) is 19.8. The average Bonchev–Trinajstić information content (AvgIpc) is 2.32. The van der Waals surface area contributed by atoms with Gasteiger partial charge in [-0.3, -0.25) is 9.78 Å². The zero-order valence-electron chi connectivity index (χ0n) is 11.0. The third-order valence-corrected chi connectivity index (χ3v) is 3.43. The number of anilines is 1. The summed E-state index contributed by atoms with van der Waals surface area (Å²) in [7, 11) is 0. The predicted octanol–water partition coefficient (Wildman–Crippen LogP) is 1.99. The first kappa shape index (κ1) is 12.6. The summed E-state index contributed by atoms with van der Waals surface area (Å²) in [5.41, 5.74) is 3.21. The van der Waals surface area contributed by atoms with Crippen LogP contribution < -0.4 is 4.90 Å². The number of hydrogen-bond acceptors (Lipinski definition) is 4. The molecule has 1 saturated heterocycles. The molecule has 0 aromatic carbocycles. The Labute approximate surface area is 107 Å². The van der Waals surface area contributed by atoms with E-state index in [2.05, 4.69) is 16.0 Å². The minimum absolute atomic E-state index is 0.0408. The zero-order valence-corrected chi connectivity index (χ0v) is 11.0. The number of hydrogen-bond donors (Lipinski definition) is 0. The number of aromatic nitrogens is 1. The fourth-order valence-electron chi connectivity index (χ4n) is 2.43. The van der Waals surface area contributed by atoms with Gasteiger partial charge in [-0.25, -0.2) is 0 Å². The average molecular weight is 243 g/mol. The molecule has 1 fully saturated rings. The smallest absolute Gasteiger partial charge is 0.139 e. The van der Waals surface area contributed by atoms with Gasteiger partial charge in [0, 0.05) is 31.1 Å². The number of carbonyl (C=O) groups excluding carboxylic acids is 1. The molecule has 18 heavy (non-hydrogen) atoms. The van der Waals surface area contributed by atoms with Crippen LogP contribution in [0.1, 0.15) is 30.3 Å². The molecular weight excluding hydrogens is 226 g/mol. The van der Waals surface area contributed by atoms with Gasteiger partial charge >= 0.3 is 0 Å². The molecule has 0 spiro atoms. The molecule has 4 nitrogen and oxygen atoms in total. The number of Topliss-reactive ketones (excluding diaryl/α,β-unsaturated/α-hetero) is 1. The van der Waals surface area contributed by atoms with E-state index in [1.807, 2.05) is 26.8 Å². The number of rotatable bonds is 1. The van der Waals surface area contributed by atoms with Gasteiger partial charge in [-0.1, -0.05) is 6.92 Å². The van der Waals surface area contributed by atoms with Crippen LogP contribution in [0.2, 0.25) is 0 Å². The van der Waals surface area contributed by atoms with E-state index in [1.54, 1.807) is 0 Å². The van der Waals surface area contributed by atoms with Crippen LogP contribution in [-0.4, -0.2) is 23.9 Å². The van der Waals surface area contributed by atoms with Crippen LogP contribution in [0, 0.1) is 31.1 Å². The van der Waals surface area contributed by atoms with Crippen LogP contribution in [0.4, 0.5) is 5.69 Å². The highest BCUT2D eigenvalue weighted by Gasteiger charge is 2.25. The van der Waals surface area contributed by atoms with Gasteiger partial charge in [0.05, 0.1) is 16.9 Å². The van der Waals surface area contributed by atoms with Crippen LogP contribution >= 0.6 is 0 Å². The van der Waals surface area contributed by atoms with Gasteiger partial charge in [0.25, 0.3) is 0 Å². The second kappa shape index (κ2) is 4.77. The summed E-state index contributed by atoms with van der Waals surface area (Å²) >= 11 is 0. The van der Waals surface area contributed by atoms with Crippen LogP contribution in [0.5, 0.6) is 0 Å². The van der Waals surface area contributed by atoms with E-state index in [0.29, 0.717) is 30.9 Å². The highest BCUT2D eigenvalue weighted by molar-refractivity contribution is 5.83. The summed E-state index contributed by atoms with van der Waals surface area (Å²) in [6.07, 6.45) is 0.562. The molecule has 94 valence electrons. The van der Waals surface area contributed by atoms with Crippen molar-refractivity contribution in [3.05, 3.63) is 23.0 Å². The Hall–Kier alpha value is -1.89. The third-order valence-electron chi connectivity index (χ3n) is 3.43. The molecule has 0 bridgehead atoms. The molecule has 1 aromatic heterocycles. The Kier molecular flexibility index (Phi) is 3.33. The van der Waals surface area contributed by atoms with Crippen LogP contribution in [-0.2, 0) is 4.79 Å². The number of ketones is 1. The summed E-state index contributed by atoms with van der Waals surface area (Å²) in [6, 6.07) is 4.16. The first-order chi connectivity index (χ1) is 8.52. The van der Waals surface area contributed by atoms with Gasteiger partial charge in [0.15, 0.2) is 0 Å². The van der Waals surface area contributed by atoms with Crippen molar-refractivity contribution in [2.75, 3.05) is 18.0 Å². The molecule has 1 aliphatic rings. The quantitative estimate of drug-likeness (QED) is 0.756. The van der Waals surface area contributed by atoms with Crippen LogP contribution in [0.25, 0.3) is 0 Å². The SMILES string of the molecule is Cc1cc(N2CCC(=O)C(C)C2)c(C#N)c(C)n1. The van der Waals surface area contributed by atoms with Gasteiger partial charge < -0.3 is 4.90 Å². The molecule has 1 aromatic rings. The summed E-state index contributed by atoms with van der Waals surface area (Å²) in [5, 5.41) is 9.26. The molecule has 0 amide bonds. The third kappa shape index (κ3) is 2.21. The van der Waals surface area contributed by atoms with Crippen molar-refractivity contribution >= 4 is 11.5 Å². The molecule has 0 radical (unpaired) electrons. The largest absolute Gasteiger partial charge is 0.369 e. The molecule has 4 heteroatoms. The van der Waals surface area contributed by atoms with Gasteiger partial charge in [0.2, 0.25) is 0 Å². The maximum atomic E-state index is 11.6. The maximum Gasteiger partial charge on any atom is 0.139 e. The van der Waals surface area contributed by atoms with Crippen molar-refractivity contribution < 1.29 is 4.79 Å². The summed E-state index contributed by atoms with van der Waals surface area (Å²) < 4.78 is 0. The number of aryl methyl sites for hydroxylation is 2. The lowest BCUT2D eigenvalue weighted by molar-refractivity contribution is -0.122. The Balaban J connectivity index is 2.39. The van der Waals surface area contributed by atoms with E-state index in [9.17, 15) is 10.1 Å². The summed E-state index contributed by atoms with van der Waals surface area (Å²) in [6.45, 7) is 7.11. The van der Waals surface area contributed by atoms with Gasteiger partial charge in [-0.05, 0) is 19.9 Å². The highest BCUT2D eigenvalue weighted by atomic mass is 16.1. The molecule has 1 unspecified atom stereocenters. The minimum Gasteiger partial charge on any atom is -0.369 e. The molecule has 2 heterocycles. The standard InChI is InChI=1S/C14H17N3O/c1-9-8-17(5-4-14(9)18)13-6-10(2)16-11(3)12(13)7-15/h6,9H,4-5,8H2,1-3H3. The Morgan fingerprint density at radius 3 is 2.83 bits per heavy atom. The summed E-state index contributed by atoms with van der Waals surface area (Å²) in [5.74, 6) is 0.353. The van der Waals surface area contributed by atoms with Crippen molar-refractivity contribution in [2.24, 2.45) is 5.92 Å². The topological polar surface area (TPSA) is 57.0 Å². The first-order valence-corrected chi connectivity index (χ1v) is 6.19.